The van der Waals surface area contributed by atoms with Gasteiger partial charge >= 0.3 is 11.4 Å². The first-order valence-corrected chi connectivity index (χ1v) is 32.4. The predicted molar refractivity (Wildman–Crippen MR) is 329 cm³/mol. The normalized spacial score (nSPS) is 31.2. The van der Waals surface area contributed by atoms with Crippen LogP contribution < -0.4 is 27.3 Å². The van der Waals surface area contributed by atoms with Crippen LogP contribution in [-0.2, 0) is 32.6 Å². The number of nitrogens with zero attached hydrogens (tertiary/aromatic N) is 7. The van der Waals surface area contributed by atoms with Gasteiger partial charge in [-0.15, -0.1) is 19.3 Å². The molecule has 464 valence electrons. The zero-order valence-electron chi connectivity index (χ0n) is 50.2. The maximum atomic E-state index is 12.6. The summed E-state index contributed by atoms with van der Waals surface area (Å²) in [5.74, 6) is 7.59. The van der Waals surface area contributed by atoms with Gasteiger partial charge in [-0.25, -0.2) is 18.9 Å². The number of nitrogens with one attached hydrogen (secondary N) is 3. The van der Waals surface area contributed by atoms with Crippen molar-refractivity contribution in [2.24, 2.45) is 11.8 Å². The molecule has 9 rings (SSSR count). The molecule has 14 atom stereocenters. The fourth-order valence-electron chi connectivity index (χ4n) is 10.5. The number of fused-ring (bicyclic) bond motifs is 2. The van der Waals surface area contributed by atoms with E-state index in [1.807, 2.05) is 27.7 Å². The van der Waals surface area contributed by atoms with E-state index < -0.39 is 62.9 Å². The monoisotopic (exact) mass is 1220 g/mol. The van der Waals surface area contributed by atoms with Gasteiger partial charge in [-0.1, -0.05) is 87.5 Å². The third kappa shape index (κ3) is 18.6. The number of halogens is 1. The van der Waals surface area contributed by atoms with Crippen molar-refractivity contribution in [2.45, 2.75) is 227 Å². The van der Waals surface area contributed by atoms with Crippen molar-refractivity contribution in [3.05, 3.63) is 45.5 Å². The molecule has 7 fully saturated rings. The molecule has 0 aliphatic carbocycles. The van der Waals surface area contributed by atoms with Crippen molar-refractivity contribution in [3.8, 4) is 37.0 Å². The quantitative estimate of drug-likeness (QED) is 0.0882. The highest BCUT2D eigenvalue weighted by molar-refractivity contribution is 7.78. The average molecular weight is 1220 g/mol. The topological polar surface area (TPSA) is 236 Å². The van der Waals surface area contributed by atoms with Crippen LogP contribution in [0.15, 0.2) is 34.1 Å². The van der Waals surface area contributed by atoms with Gasteiger partial charge < -0.3 is 54.1 Å². The van der Waals surface area contributed by atoms with E-state index in [4.69, 9.17) is 53.6 Å². The van der Waals surface area contributed by atoms with Crippen molar-refractivity contribution < 1.29 is 42.8 Å². The molecule has 7 saturated heterocycles. The Bertz CT molecular complexity index is 2650. The standard InChI is InChI=1S/C22H31N4O5P.C14H21N3O4.C8H11ClNOP.C8H13NO.C6H15N.CH4/c1-6-15-16(30-32-26-11-8-9-17(26)22(5,7-2)31-32)13-19(29-15)25-12-10-18(24-21(25)28)23-20(27)14(3)4;1-4-10-9(18)7-12(21-10)17-6-5-11(16-14(17)20)15-13(19)8(2)3;1-3-8(2)7-5-4-6-10(7)12(9)11-8;1-3-8(2,10)7-5-4-6-9-7;1-4-7(5-2)6-3;/h2,10,12,14-17,19H,6,8-9,11,13H2,1,3-5H3,(H,23,24,27,28);5-6,8-10,12,18H,4,7H2,1-3H3,(H,15,16,19,20);1,7H,4-6H2,2H3;1,7,9-10H,4-6H2,2H3;4-6H2,1-3H3;1H4/t15-,16?,17+,19-,22-,32-;9?,10-,12-;7-,8+,12?;7-,8+;;/m1100../s1. The summed E-state index contributed by atoms with van der Waals surface area (Å²) in [5, 5.41) is 27.7. The first-order chi connectivity index (χ1) is 38.9. The van der Waals surface area contributed by atoms with E-state index in [2.05, 4.69) is 78.7 Å². The molecule has 0 saturated carbocycles. The molecule has 7 aliphatic rings. The molecule has 5 N–H and O–H groups in total. The minimum absolute atomic E-state index is 0. The minimum atomic E-state index is -1.28. The Kier molecular flexibility index (Phi) is 28.2. The fraction of sp³-hybridized carbons (Fsp3) is 0.729. The van der Waals surface area contributed by atoms with E-state index in [0.717, 1.165) is 58.2 Å². The number of anilines is 2. The number of terminal acetylenes is 3. The Hall–Kier alpha value is -3.91. The summed E-state index contributed by atoms with van der Waals surface area (Å²) in [4.78, 5) is 58.3. The van der Waals surface area contributed by atoms with Crippen LogP contribution in [0.1, 0.15) is 167 Å². The number of aliphatic hydroxyl groups excluding tert-OH is 1. The van der Waals surface area contributed by atoms with Gasteiger partial charge in [-0.2, -0.15) is 9.97 Å². The lowest BCUT2D eigenvalue weighted by atomic mass is 9.96. The number of hydrogen-bond acceptors (Lipinski definition) is 17. The van der Waals surface area contributed by atoms with Crippen LogP contribution in [0.25, 0.3) is 0 Å². The maximum Gasteiger partial charge on any atom is 0.351 e. The van der Waals surface area contributed by atoms with Crippen molar-refractivity contribution in [1.29, 1.82) is 0 Å². The number of aromatic nitrogens is 4. The third-order valence-corrected chi connectivity index (χ3v) is 19.9. The van der Waals surface area contributed by atoms with Crippen LogP contribution in [0.3, 0.4) is 0 Å². The van der Waals surface area contributed by atoms with Crippen LogP contribution >= 0.6 is 27.4 Å². The number of aliphatic hydroxyl groups is 2. The highest BCUT2D eigenvalue weighted by Gasteiger charge is 2.55. The van der Waals surface area contributed by atoms with Crippen LogP contribution in [0.5, 0.6) is 0 Å². The van der Waals surface area contributed by atoms with Gasteiger partial charge in [-0.05, 0) is 122 Å². The average Bonchev–Trinajstić information content (AvgIpc) is 4.07. The van der Waals surface area contributed by atoms with Gasteiger partial charge in [0.25, 0.3) is 8.53 Å². The Balaban J connectivity index is 0.000000248. The van der Waals surface area contributed by atoms with E-state index in [0.29, 0.717) is 25.3 Å². The maximum absolute atomic E-state index is 12.6. The van der Waals surface area contributed by atoms with E-state index >= 15 is 0 Å². The zero-order chi connectivity index (χ0) is 60.7. The summed E-state index contributed by atoms with van der Waals surface area (Å²) < 4.78 is 37.3. The van der Waals surface area contributed by atoms with E-state index in [9.17, 15) is 29.4 Å². The second-order valence-corrected chi connectivity index (χ2v) is 25.8. The van der Waals surface area contributed by atoms with Crippen molar-refractivity contribution in [2.75, 3.05) is 49.9 Å². The number of carbonyl (C=O) groups excluding carboxylic acids is 2. The molecule has 0 bridgehead atoms. The molecule has 7 aliphatic heterocycles. The molecule has 83 heavy (non-hydrogen) atoms. The molecule has 2 aromatic rings. The third-order valence-electron chi connectivity index (χ3n) is 15.9. The van der Waals surface area contributed by atoms with E-state index in [1.54, 1.807) is 52.9 Å². The second kappa shape index (κ2) is 32.7. The molecule has 21 nitrogen and oxygen atoms in total. The Morgan fingerprint density at radius 1 is 0.819 bits per heavy atom. The Labute approximate surface area is 501 Å². The van der Waals surface area contributed by atoms with Crippen LogP contribution in [-0.4, -0.2) is 154 Å². The minimum Gasteiger partial charge on any atom is -0.390 e. The van der Waals surface area contributed by atoms with Gasteiger partial charge in [0.2, 0.25) is 19.5 Å². The summed E-state index contributed by atoms with van der Waals surface area (Å²) >= 11 is 6.05. The second-order valence-electron chi connectivity index (χ2n) is 22.4. The molecule has 0 aromatic carbocycles. The Morgan fingerprint density at radius 3 is 1.72 bits per heavy atom. The lowest BCUT2D eigenvalue weighted by Crippen LogP contribution is -2.43. The number of amides is 2. The van der Waals surface area contributed by atoms with Gasteiger partial charge in [0.1, 0.15) is 40.9 Å². The highest BCUT2D eigenvalue weighted by atomic mass is 35.7. The first-order valence-electron chi connectivity index (χ1n) is 29.1. The highest BCUT2D eigenvalue weighted by Crippen LogP contribution is 2.62. The number of ether oxygens (including phenoxy) is 2. The van der Waals surface area contributed by atoms with Crippen molar-refractivity contribution >= 4 is 50.9 Å². The van der Waals surface area contributed by atoms with Crippen LogP contribution in [0.2, 0.25) is 0 Å². The molecule has 0 spiro atoms. The van der Waals surface area contributed by atoms with Crippen molar-refractivity contribution in [1.82, 2.24) is 38.7 Å². The Morgan fingerprint density at radius 2 is 1.30 bits per heavy atom. The summed E-state index contributed by atoms with van der Waals surface area (Å²) in [5.41, 5.74) is -3.03. The van der Waals surface area contributed by atoms with E-state index in [1.165, 1.54) is 41.4 Å². The van der Waals surface area contributed by atoms with Gasteiger partial charge in [0.15, 0.2) is 0 Å². The molecule has 24 heteroatoms. The van der Waals surface area contributed by atoms with Crippen LogP contribution in [0.4, 0.5) is 11.6 Å². The summed E-state index contributed by atoms with van der Waals surface area (Å²) in [6.45, 7) is 29.7. The molecule has 2 aromatic heterocycles. The molecular weight excluding hydrogens is 1120 g/mol. The lowest BCUT2D eigenvalue weighted by Gasteiger charge is -2.24. The van der Waals surface area contributed by atoms with Crippen LogP contribution in [0, 0.1) is 48.9 Å². The lowest BCUT2D eigenvalue weighted by molar-refractivity contribution is -0.119. The summed E-state index contributed by atoms with van der Waals surface area (Å²) in [7, 11) is -2.22. The van der Waals surface area contributed by atoms with Crippen molar-refractivity contribution in [3.63, 3.8) is 0 Å². The van der Waals surface area contributed by atoms with Gasteiger partial charge in [-0.3, -0.25) is 18.7 Å². The largest absolute Gasteiger partial charge is 0.390 e. The number of carbonyl (C=O) groups is 2. The molecule has 0 radical (unpaired) electrons. The molecular formula is C59H95ClN10O11P2. The fourth-order valence-corrected chi connectivity index (χ4v) is 15.0. The molecule has 2 amide bonds. The van der Waals surface area contributed by atoms with E-state index in [-0.39, 0.29) is 73.1 Å². The summed E-state index contributed by atoms with van der Waals surface area (Å²) in [6.07, 6.45) is 26.0. The molecule has 9 heterocycles. The SMILES string of the molecule is C.C#C[C@@](C)(O)[C@@H]1CCCN1.C#C[C@@]1(C)OP(Cl)N2CCC[C@H]21.C#C[C@@]1(C)O[P@@](OC2C[C@H](n3ccc(NC(=O)C(C)C)nc3=O)O[C@@H]2CC)N2CCC[C@H]21.CCN(CC)CC.CC[C@H]1O[C@@H](n2ccc(NC(=O)C(C)C)nc2=O)CC1O. The summed E-state index contributed by atoms with van der Waals surface area (Å²) in [6, 6.07) is 3.79. The van der Waals surface area contributed by atoms with Gasteiger partial charge in [0, 0.05) is 56.2 Å². The number of rotatable bonds is 14. The zero-order valence-corrected chi connectivity index (χ0v) is 52.7. The van der Waals surface area contributed by atoms with Gasteiger partial charge in [0.05, 0.1) is 36.5 Å². The molecule has 3 unspecified atom stereocenters. The first kappa shape index (κ1) is 71.6. The smallest absolute Gasteiger partial charge is 0.351 e. The predicted octanol–water partition coefficient (Wildman–Crippen LogP) is 8.38. The number of hydrogen-bond donors (Lipinski definition) is 5.